The molecule has 3 rings (SSSR count). The summed E-state index contributed by atoms with van der Waals surface area (Å²) in [7, 11) is 0. The van der Waals surface area contributed by atoms with Crippen molar-refractivity contribution in [2.75, 3.05) is 24.5 Å². The molecule has 0 saturated carbocycles. The fraction of sp³-hybridized carbons (Fsp3) is 0.533. The van der Waals surface area contributed by atoms with Gasteiger partial charge in [-0.1, -0.05) is 24.7 Å². The third kappa shape index (κ3) is 3.20. The van der Waals surface area contributed by atoms with Crippen LogP contribution >= 0.6 is 11.3 Å². The van der Waals surface area contributed by atoms with Crippen LogP contribution in [0.2, 0.25) is 0 Å². The molecule has 1 fully saturated rings. The van der Waals surface area contributed by atoms with Gasteiger partial charge in [-0.25, -0.2) is 4.98 Å². The van der Waals surface area contributed by atoms with E-state index in [9.17, 15) is 13.2 Å². The lowest BCUT2D eigenvalue weighted by Gasteiger charge is -2.33. The van der Waals surface area contributed by atoms with Gasteiger partial charge in [-0.3, -0.25) is 0 Å². The van der Waals surface area contributed by atoms with Crippen LogP contribution in [0.25, 0.3) is 10.2 Å². The molecule has 2 heterocycles. The van der Waals surface area contributed by atoms with Crippen LogP contribution in [0.15, 0.2) is 18.2 Å². The van der Waals surface area contributed by atoms with Crippen LogP contribution in [0.1, 0.15) is 25.3 Å². The summed E-state index contributed by atoms with van der Waals surface area (Å²) in [5.41, 5.74) is 0.0259. The highest BCUT2D eigenvalue weighted by Crippen LogP contribution is 2.35. The minimum atomic E-state index is -4.31. The van der Waals surface area contributed by atoms with Gasteiger partial charge in [0.2, 0.25) is 0 Å². The maximum atomic E-state index is 12.8. The normalized spacial score (nSPS) is 19.8. The van der Waals surface area contributed by atoms with Gasteiger partial charge in [-0.05, 0) is 24.6 Å². The highest BCUT2D eigenvalue weighted by molar-refractivity contribution is 7.22. The van der Waals surface area contributed by atoms with Gasteiger partial charge >= 0.3 is 6.18 Å². The number of nitrogens with one attached hydrogen (secondary N) is 1. The van der Waals surface area contributed by atoms with Crippen molar-refractivity contribution >= 4 is 26.7 Å². The molecule has 1 aromatic heterocycles. The number of piperazine rings is 1. The zero-order valence-corrected chi connectivity index (χ0v) is 13.1. The van der Waals surface area contributed by atoms with Crippen molar-refractivity contribution in [3.05, 3.63) is 23.8 Å². The molecule has 7 heteroatoms. The number of aromatic nitrogens is 1. The predicted molar refractivity (Wildman–Crippen MR) is 83.5 cm³/mol. The van der Waals surface area contributed by atoms with Crippen molar-refractivity contribution in [2.45, 2.75) is 32.0 Å². The summed E-state index contributed by atoms with van der Waals surface area (Å²) in [5, 5.41) is 4.29. The van der Waals surface area contributed by atoms with Crippen LogP contribution in [0.3, 0.4) is 0 Å². The molecule has 0 spiro atoms. The third-order valence-corrected chi connectivity index (χ3v) is 4.95. The van der Waals surface area contributed by atoms with Crippen LogP contribution in [0.4, 0.5) is 18.3 Å². The molecule has 0 unspecified atom stereocenters. The van der Waals surface area contributed by atoms with Crippen molar-refractivity contribution < 1.29 is 13.2 Å². The summed E-state index contributed by atoms with van der Waals surface area (Å²) in [6.45, 7) is 4.73. The van der Waals surface area contributed by atoms with Gasteiger partial charge in [0.15, 0.2) is 5.13 Å². The molecule has 0 aliphatic carbocycles. The highest BCUT2D eigenvalue weighted by Gasteiger charge is 2.31. The van der Waals surface area contributed by atoms with Gasteiger partial charge in [0.1, 0.15) is 0 Å². The maximum absolute atomic E-state index is 12.8. The number of hydrogen-bond acceptors (Lipinski definition) is 4. The van der Waals surface area contributed by atoms with E-state index in [0.29, 0.717) is 16.3 Å². The average Bonchev–Trinajstić information content (AvgIpc) is 2.90. The Labute approximate surface area is 131 Å². The molecular formula is C15H18F3N3S. The Kier molecular flexibility index (Phi) is 4.27. The summed E-state index contributed by atoms with van der Waals surface area (Å²) in [5.74, 6) is 0. The number of halogens is 3. The Morgan fingerprint density at radius 2 is 2.23 bits per heavy atom. The monoisotopic (exact) mass is 329 g/mol. The van der Waals surface area contributed by atoms with Crippen LogP contribution < -0.4 is 10.2 Å². The number of rotatable bonds is 3. The van der Waals surface area contributed by atoms with E-state index in [0.717, 1.165) is 43.7 Å². The molecule has 0 amide bonds. The Bertz CT molecular complexity index is 651. The number of alkyl halides is 3. The highest BCUT2D eigenvalue weighted by atomic mass is 32.1. The largest absolute Gasteiger partial charge is 0.416 e. The smallest absolute Gasteiger partial charge is 0.345 e. The molecule has 1 aliphatic heterocycles. The first-order valence-corrected chi connectivity index (χ1v) is 8.25. The maximum Gasteiger partial charge on any atom is 0.416 e. The number of fused-ring (bicyclic) bond motifs is 1. The van der Waals surface area contributed by atoms with E-state index in [2.05, 4.69) is 22.1 Å². The van der Waals surface area contributed by atoms with Gasteiger partial charge in [0.05, 0.1) is 15.8 Å². The van der Waals surface area contributed by atoms with Crippen molar-refractivity contribution in [3.63, 3.8) is 0 Å². The molecule has 1 aromatic carbocycles. The fourth-order valence-corrected chi connectivity index (χ4v) is 3.80. The van der Waals surface area contributed by atoms with Crippen LogP contribution in [0.5, 0.6) is 0 Å². The Morgan fingerprint density at radius 1 is 1.41 bits per heavy atom. The second-order valence-corrected chi connectivity index (χ2v) is 6.57. The van der Waals surface area contributed by atoms with Gasteiger partial charge in [0.25, 0.3) is 0 Å². The summed E-state index contributed by atoms with van der Waals surface area (Å²) < 4.78 is 38.9. The van der Waals surface area contributed by atoms with E-state index >= 15 is 0 Å². The van der Waals surface area contributed by atoms with E-state index in [4.69, 9.17) is 0 Å². The molecule has 120 valence electrons. The molecule has 1 atom stereocenters. The number of nitrogens with zero attached hydrogens (tertiary/aromatic N) is 2. The molecular weight excluding hydrogens is 311 g/mol. The summed E-state index contributed by atoms with van der Waals surface area (Å²) >= 11 is 1.34. The molecule has 3 nitrogen and oxygen atoms in total. The quantitative estimate of drug-likeness (QED) is 0.926. The lowest BCUT2D eigenvalue weighted by Crippen LogP contribution is -2.50. The molecule has 0 radical (unpaired) electrons. The molecule has 2 aromatic rings. The van der Waals surface area contributed by atoms with E-state index < -0.39 is 11.7 Å². The van der Waals surface area contributed by atoms with Gasteiger partial charge in [-0.15, -0.1) is 0 Å². The molecule has 1 saturated heterocycles. The molecule has 22 heavy (non-hydrogen) atoms. The third-order valence-electron chi connectivity index (χ3n) is 3.87. The predicted octanol–water partition coefficient (Wildman–Crippen LogP) is 3.89. The standard InChI is InChI=1S/C15H18F3N3S/c1-2-3-11-9-21(7-6-19-11)14-20-12-5-4-10(15(16,17)18)8-13(12)22-14/h4-5,8,11,19H,2-3,6-7,9H2,1H3/t11-/m0/s1. The van der Waals surface area contributed by atoms with E-state index in [1.165, 1.54) is 23.5 Å². The molecule has 0 bridgehead atoms. The summed E-state index contributed by atoms with van der Waals surface area (Å²) in [6, 6.07) is 4.19. The first-order valence-electron chi connectivity index (χ1n) is 7.43. The minimum Gasteiger partial charge on any atom is -0.345 e. The summed E-state index contributed by atoms with van der Waals surface area (Å²) in [6.07, 6.45) is -2.10. The molecule has 1 N–H and O–H groups in total. The summed E-state index contributed by atoms with van der Waals surface area (Å²) in [4.78, 5) is 6.68. The number of benzene rings is 1. The average molecular weight is 329 g/mol. The van der Waals surface area contributed by atoms with E-state index in [-0.39, 0.29) is 0 Å². The number of thiazole rings is 1. The van der Waals surface area contributed by atoms with Crippen LogP contribution in [0, 0.1) is 0 Å². The lowest BCUT2D eigenvalue weighted by atomic mass is 10.1. The van der Waals surface area contributed by atoms with Gasteiger partial charge < -0.3 is 10.2 Å². The van der Waals surface area contributed by atoms with Crippen molar-refractivity contribution in [3.8, 4) is 0 Å². The fourth-order valence-electron chi connectivity index (χ4n) is 2.77. The first kappa shape index (κ1) is 15.6. The zero-order chi connectivity index (χ0) is 15.7. The SMILES string of the molecule is CCC[C@H]1CN(c2nc3ccc(C(F)(F)F)cc3s2)CCN1. The van der Waals surface area contributed by atoms with E-state index in [1.54, 1.807) is 0 Å². The molecule has 1 aliphatic rings. The second-order valence-electron chi connectivity index (χ2n) is 5.56. The minimum absolute atomic E-state index is 0.427. The first-order chi connectivity index (χ1) is 10.5. The number of anilines is 1. The zero-order valence-electron chi connectivity index (χ0n) is 12.3. The lowest BCUT2D eigenvalue weighted by molar-refractivity contribution is -0.137. The number of hydrogen-bond donors (Lipinski definition) is 1. The van der Waals surface area contributed by atoms with Crippen molar-refractivity contribution in [1.29, 1.82) is 0 Å². The van der Waals surface area contributed by atoms with Crippen molar-refractivity contribution in [1.82, 2.24) is 10.3 Å². The van der Waals surface area contributed by atoms with Gasteiger partial charge in [0, 0.05) is 25.7 Å². The van der Waals surface area contributed by atoms with Gasteiger partial charge in [-0.2, -0.15) is 13.2 Å². The van der Waals surface area contributed by atoms with Crippen LogP contribution in [-0.4, -0.2) is 30.7 Å². The van der Waals surface area contributed by atoms with Crippen molar-refractivity contribution in [2.24, 2.45) is 0 Å². The Hall–Kier alpha value is -1.34. The van der Waals surface area contributed by atoms with Crippen LogP contribution in [-0.2, 0) is 6.18 Å². The van der Waals surface area contributed by atoms with E-state index in [1.807, 2.05) is 0 Å². The Balaban J connectivity index is 1.85. The topological polar surface area (TPSA) is 28.2 Å². The second kappa shape index (κ2) is 6.04. The Morgan fingerprint density at radius 3 is 2.95 bits per heavy atom.